The molecule has 0 unspecified atom stereocenters. The number of nitrogens with zero attached hydrogens (tertiary/aromatic N) is 3. The predicted octanol–water partition coefficient (Wildman–Crippen LogP) is 3.76. The summed E-state index contributed by atoms with van der Waals surface area (Å²) in [5.41, 5.74) is 1.53. The maximum Gasteiger partial charge on any atom is 0.221 e. The Labute approximate surface area is 167 Å². The molecule has 0 spiro atoms. The van der Waals surface area contributed by atoms with Crippen molar-refractivity contribution in [3.63, 3.8) is 0 Å². The maximum absolute atomic E-state index is 13.6. The maximum atomic E-state index is 13.6. The number of amides is 1. The van der Waals surface area contributed by atoms with Gasteiger partial charge in [-0.2, -0.15) is 4.37 Å². The molecule has 0 bridgehead atoms. The Kier molecular flexibility index (Phi) is 5.54. The summed E-state index contributed by atoms with van der Waals surface area (Å²) in [7, 11) is 0. The van der Waals surface area contributed by atoms with Gasteiger partial charge in [0.1, 0.15) is 11.6 Å². The molecule has 0 saturated carbocycles. The van der Waals surface area contributed by atoms with Crippen LogP contribution in [0.4, 0.5) is 15.9 Å². The second-order valence-electron chi connectivity index (χ2n) is 7.06. The molecule has 1 fully saturated rings. The molecule has 28 heavy (non-hydrogen) atoms. The van der Waals surface area contributed by atoms with E-state index in [0.717, 1.165) is 44.1 Å². The number of piperazine rings is 1. The van der Waals surface area contributed by atoms with Crippen molar-refractivity contribution in [2.75, 3.05) is 42.9 Å². The van der Waals surface area contributed by atoms with E-state index in [2.05, 4.69) is 37.7 Å². The fourth-order valence-corrected chi connectivity index (χ4v) is 4.44. The lowest BCUT2D eigenvalue weighted by Crippen LogP contribution is -2.47. The number of benzene rings is 2. The van der Waals surface area contributed by atoms with Crippen LogP contribution in [0.3, 0.4) is 0 Å². The molecule has 4 rings (SSSR count). The number of fused-ring (bicyclic) bond motifs is 1. The highest BCUT2D eigenvalue weighted by atomic mass is 32.1. The van der Waals surface area contributed by atoms with Crippen LogP contribution in [0.2, 0.25) is 0 Å². The number of rotatable bonds is 5. The van der Waals surface area contributed by atoms with Crippen molar-refractivity contribution in [2.24, 2.45) is 0 Å². The van der Waals surface area contributed by atoms with Crippen molar-refractivity contribution in [2.45, 2.75) is 13.3 Å². The van der Waals surface area contributed by atoms with Crippen molar-refractivity contribution < 1.29 is 9.18 Å². The molecule has 1 aliphatic heterocycles. The Balaban J connectivity index is 1.36. The van der Waals surface area contributed by atoms with E-state index in [9.17, 15) is 9.18 Å². The van der Waals surface area contributed by atoms with Crippen LogP contribution in [0.25, 0.3) is 10.1 Å². The van der Waals surface area contributed by atoms with Gasteiger partial charge in [-0.3, -0.25) is 9.69 Å². The van der Waals surface area contributed by atoms with E-state index in [1.165, 1.54) is 29.1 Å². The number of hydrogen-bond donors (Lipinski definition) is 1. The van der Waals surface area contributed by atoms with Crippen LogP contribution in [0, 0.1) is 5.82 Å². The lowest BCUT2D eigenvalue weighted by Gasteiger charge is -2.35. The van der Waals surface area contributed by atoms with Crippen LogP contribution in [-0.2, 0) is 11.2 Å². The summed E-state index contributed by atoms with van der Waals surface area (Å²) in [6, 6.07) is 12.9. The van der Waals surface area contributed by atoms with Gasteiger partial charge < -0.3 is 10.2 Å². The number of aromatic nitrogens is 1. The van der Waals surface area contributed by atoms with Gasteiger partial charge in [0.25, 0.3) is 0 Å². The monoisotopic (exact) mass is 398 g/mol. The smallest absolute Gasteiger partial charge is 0.221 e. The third-order valence-corrected chi connectivity index (χ3v) is 5.92. The predicted molar refractivity (Wildman–Crippen MR) is 113 cm³/mol. The van der Waals surface area contributed by atoms with Gasteiger partial charge >= 0.3 is 0 Å². The molecule has 1 N–H and O–H groups in total. The SMILES string of the molecule is CC(=O)Nc1ccc(F)cc1CCN1CCN(c2nsc3ccccc23)CC1. The zero-order chi connectivity index (χ0) is 19.5. The summed E-state index contributed by atoms with van der Waals surface area (Å²) in [5.74, 6) is 0.666. The minimum Gasteiger partial charge on any atom is -0.353 e. The molecular formula is C21H23FN4OS. The fraction of sp³-hybridized carbons (Fsp3) is 0.333. The molecule has 1 amide bonds. The summed E-state index contributed by atoms with van der Waals surface area (Å²) in [4.78, 5) is 16.1. The second-order valence-corrected chi connectivity index (χ2v) is 7.87. The van der Waals surface area contributed by atoms with E-state index in [4.69, 9.17) is 0 Å². The first kappa shape index (κ1) is 18.8. The zero-order valence-electron chi connectivity index (χ0n) is 15.8. The minimum absolute atomic E-state index is 0.142. The first-order valence-electron chi connectivity index (χ1n) is 9.48. The normalized spacial score (nSPS) is 15.1. The molecule has 0 radical (unpaired) electrons. The molecule has 2 aromatic carbocycles. The minimum atomic E-state index is -0.274. The summed E-state index contributed by atoms with van der Waals surface area (Å²) < 4.78 is 19.5. The van der Waals surface area contributed by atoms with Crippen LogP contribution in [0.5, 0.6) is 0 Å². The van der Waals surface area contributed by atoms with Crippen molar-refractivity contribution >= 4 is 39.0 Å². The quantitative estimate of drug-likeness (QED) is 0.711. The van der Waals surface area contributed by atoms with Gasteiger partial charge in [-0.1, -0.05) is 12.1 Å². The average Bonchev–Trinajstić information content (AvgIpc) is 3.12. The summed E-state index contributed by atoms with van der Waals surface area (Å²) in [6.45, 7) is 6.04. The highest BCUT2D eigenvalue weighted by Crippen LogP contribution is 2.29. The number of anilines is 2. The topological polar surface area (TPSA) is 48.5 Å². The molecule has 3 aromatic rings. The van der Waals surface area contributed by atoms with Crippen molar-refractivity contribution in [3.8, 4) is 0 Å². The Hall–Kier alpha value is -2.51. The molecule has 146 valence electrons. The molecule has 5 nitrogen and oxygen atoms in total. The van der Waals surface area contributed by atoms with E-state index in [1.807, 2.05) is 6.07 Å². The Morgan fingerprint density at radius 2 is 1.96 bits per heavy atom. The molecule has 7 heteroatoms. The highest BCUT2D eigenvalue weighted by Gasteiger charge is 2.20. The van der Waals surface area contributed by atoms with Crippen molar-refractivity contribution in [1.29, 1.82) is 0 Å². The third kappa shape index (κ3) is 4.15. The van der Waals surface area contributed by atoms with Crippen molar-refractivity contribution in [3.05, 3.63) is 53.8 Å². The highest BCUT2D eigenvalue weighted by molar-refractivity contribution is 7.13. The lowest BCUT2D eigenvalue weighted by atomic mass is 10.1. The number of halogens is 1. The van der Waals surface area contributed by atoms with Crippen LogP contribution in [-0.4, -0.2) is 47.9 Å². The van der Waals surface area contributed by atoms with E-state index in [1.54, 1.807) is 17.6 Å². The Morgan fingerprint density at radius 1 is 1.18 bits per heavy atom. The molecule has 0 aliphatic carbocycles. The molecule has 1 saturated heterocycles. The number of carbonyl (C=O) groups is 1. The third-order valence-electron chi connectivity index (χ3n) is 5.11. The fourth-order valence-electron chi connectivity index (χ4n) is 3.64. The molecule has 1 aromatic heterocycles. The average molecular weight is 399 g/mol. The lowest BCUT2D eigenvalue weighted by molar-refractivity contribution is -0.114. The standard InChI is InChI=1S/C21H23FN4OS/c1-15(27)23-19-7-6-17(22)14-16(19)8-9-25-10-12-26(13-11-25)21-18-4-2-3-5-20(18)28-24-21/h2-7,14H,8-13H2,1H3,(H,23,27). The van der Waals surface area contributed by atoms with Crippen LogP contribution < -0.4 is 10.2 Å². The molecular weight excluding hydrogens is 375 g/mol. The van der Waals surface area contributed by atoms with Gasteiger partial charge in [0.2, 0.25) is 5.91 Å². The molecule has 2 heterocycles. The molecule has 0 atom stereocenters. The van der Waals surface area contributed by atoms with Gasteiger partial charge in [-0.05, 0) is 53.8 Å². The number of nitrogens with one attached hydrogen (secondary N) is 1. The van der Waals surface area contributed by atoms with Gasteiger partial charge in [-0.25, -0.2) is 4.39 Å². The van der Waals surface area contributed by atoms with Gasteiger partial charge in [-0.15, -0.1) is 0 Å². The van der Waals surface area contributed by atoms with Gasteiger partial charge in [0, 0.05) is 50.7 Å². The number of hydrogen-bond acceptors (Lipinski definition) is 5. The number of carbonyl (C=O) groups excluding carboxylic acids is 1. The first-order valence-corrected chi connectivity index (χ1v) is 10.3. The van der Waals surface area contributed by atoms with E-state index in [-0.39, 0.29) is 11.7 Å². The van der Waals surface area contributed by atoms with E-state index in [0.29, 0.717) is 12.1 Å². The zero-order valence-corrected chi connectivity index (χ0v) is 16.6. The van der Waals surface area contributed by atoms with E-state index < -0.39 is 0 Å². The summed E-state index contributed by atoms with van der Waals surface area (Å²) in [6.07, 6.45) is 0.701. The molecule has 1 aliphatic rings. The van der Waals surface area contributed by atoms with Gasteiger partial charge in [0.05, 0.1) is 4.70 Å². The Bertz CT molecular complexity index is 981. The summed E-state index contributed by atoms with van der Waals surface area (Å²) in [5, 5.41) is 4.01. The van der Waals surface area contributed by atoms with Crippen LogP contribution in [0.15, 0.2) is 42.5 Å². The largest absolute Gasteiger partial charge is 0.353 e. The van der Waals surface area contributed by atoms with Gasteiger partial charge in [0.15, 0.2) is 0 Å². The summed E-state index contributed by atoms with van der Waals surface area (Å²) >= 11 is 1.55. The van der Waals surface area contributed by atoms with Crippen LogP contribution in [0.1, 0.15) is 12.5 Å². The van der Waals surface area contributed by atoms with Crippen molar-refractivity contribution in [1.82, 2.24) is 9.27 Å². The van der Waals surface area contributed by atoms with E-state index >= 15 is 0 Å². The van der Waals surface area contributed by atoms with Crippen LogP contribution >= 0.6 is 11.5 Å². The first-order chi connectivity index (χ1) is 13.6. The Morgan fingerprint density at radius 3 is 2.75 bits per heavy atom. The second kappa shape index (κ2) is 8.24.